The minimum absolute atomic E-state index is 0.0663. The van der Waals surface area contributed by atoms with E-state index >= 15 is 0 Å². The molecule has 6 nitrogen and oxygen atoms in total. The molecule has 3 rings (SSSR count). The Kier molecular flexibility index (Phi) is 5.91. The third kappa shape index (κ3) is 4.22. The van der Waals surface area contributed by atoms with Gasteiger partial charge in [0, 0.05) is 37.4 Å². The van der Waals surface area contributed by atoms with Crippen LogP contribution in [0.4, 0.5) is 0 Å². The summed E-state index contributed by atoms with van der Waals surface area (Å²) in [6.45, 7) is 1.87. The second-order valence-corrected chi connectivity index (χ2v) is 9.56. The molecule has 1 aromatic carbocycles. The third-order valence-corrected chi connectivity index (χ3v) is 6.85. The van der Waals surface area contributed by atoms with Gasteiger partial charge in [-0.2, -0.15) is 0 Å². The number of nitrogens with zero attached hydrogens (tertiary/aromatic N) is 1. The second-order valence-electron chi connectivity index (χ2n) is 7.14. The first-order valence-electron chi connectivity index (χ1n) is 8.91. The highest BCUT2D eigenvalue weighted by Crippen LogP contribution is 2.36. The van der Waals surface area contributed by atoms with Crippen molar-refractivity contribution in [1.29, 1.82) is 0 Å². The van der Waals surface area contributed by atoms with Crippen LogP contribution in [0.1, 0.15) is 31.2 Å². The smallest absolute Gasteiger partial charge is 0.231 e. The molecule has 0 aromatic heterocycles. The van der Waals surface area contributed by atoms with Crippen LogP contribution in [-0.2, 0) is 25.0 Å². The first kappa shape index (κ1) is 19.6. The molecule has 2 fully saturated rings. The lowest BCUT2D eigenvalue weighted by Crippen LogP contribution is -2.55. The van der Waals surface area contributed by atoms with Crippen molar-refractivity contribution >= 4 is 27.5 Å². The van der Waals surface area contributed by atoms with Gasteiger partial charge in [-0.05, 0) is 43.4 Å². The number of hydrogen-bond acceptors (Lipinski definition) is 4. The van der Waals surface area contributed by atoms with Crippen LogP contribution in [-0.4, -0.2) is 57.2 Å². The molecule has 1 amide bonds. The van der Waals surface area contributed by atoms with Gasteiger partial charge in [-0.15, -0.1) is 0 Å². The fraction of sp³-hybridized carbons (Fsp3) is 0.611. The van der Waals surface area contributed by atoms with Crippen LogP contribution in [0.5, 0.6) is 0 Å². The number of ether oxygens (including phenoxy) is 1. The van der Waals surface area contributed by atoms with Crippen LogP contribution in [0.15, 0.2) is 24.3 Å². The first-order valence-corrected chi connectivity index (χ1v) is 11.1. The zero-order valence-electron chi connectivity index (χ0n) is 14.9. The summed E-state index contributed by atoms with van der Waals surface area (Å²) in [5.41, 5.74) is 0.206. The molecular weight excluding hydrogens is 376 g/mol. The zero-order valence-corrected chi connectivity index (χ0v) is 16.5. The van der Waals surface area contributed by atoms with Gasteiger partial charge in [-0.3, -0.25) is 4.79 Å². The molecule has 1 aromatic rings. The molecular formula is C18H25ClN2O4S. The second kappa shape index (κ2) is 7.84. The van der Waals surface area contributed by atoms with Gasteiger partial charge in [0.25, 0.3) is 0 Å². The van der Waals surface area contributed by atoms with Gasteiger partial charge in [-0.25, -0.2) is 12.7 Å². The Morgan fingerprint density at radius 2 is 2.08 bits per heavy atom. The molecule has 0 saturated carbocycles. The number of hydrogen-bond donors (Lipinski definition) is 1. The summed E-state index contributed by atoms with van der Waals surface area (Å²) in [6, 6.07) is 7.25. The van der Waals surface area contributed by atoms with Crippen LogP contribution in [0, 0.1) is 0 Å². The third-order valence-electron chi connectivity index (χ3n) is 5.35. The van der Waals surface area contributed by atoms with Crippen molar-refractivity contribution in [3.05, 3.63) is 34.9 Å². The molecule has 2 saturated heterocycles. The molecule has 1 atom stereocenters. The monoisotopic (exact) mass is 400 g/mol. The lowest BCUT2D eigenvalue weighted by molar-refractivity contribution is -0.131. The van der Waals surface area contributed by atoms with Gasteiger partial charge in [-0.1, -0.05) is 23.7 Å². The molecule has 1 N–H and O–H groups in total. The van der Waals surface area contributed by atoms with E-state index in [1.54, 1.807) is 6.07 Å². The van der Waals surface area contributed by atoms with Crippen molar-refractivity contribution < 1.29 is 17.9 Å². The van der Waals surface area contributed by atoms with Crippen LogP contribution >= 0.6 is 11.6 Å². The van der Waals surface area contributed by atoms with Crippen molar-refractivity contribution in [3.8, 4) is 0 Å². The predicted molar refractivity (Wildman–Crippen MR) is 101 cm³/mol. The van der Waals surface area contributed by atoms with Gasteiger partial charge in [0.15, 0.2) is 0 Å². The van der Waals surface area contributed by atoms with E-state index in [2.05, 4.69) is 5.32 Å². The highest BCUT2D eigenvalue weighted by atomic mass is 35.5. The van der Waals surface area contributed by atoms with E-state index < -0.39 is 15.4 Å². The van der Waals surface area contributed by atoms with Gasteiger partial charge >= 0.3 is 0 Å². The minimum Gasteiger partial charge on any atom is -0.381 e. The molecule has 144 valence electrons. The molecule has 0 bridgehead atoms. The Morgan fingerprint density at radius 3 is 2.73 bits per heavy atom. The molecule has 2 heterocycles. The normalized spacial score (nSPS) is 24.2. The summed E-state index contributed by atoms with van der Waals surface area (Å²) in [5, 5.41) is 3.70. The lowest BCUT2D eigenvalue weighted by atomic mass is 9.73. The summed E-state index contributed by atoms with van der Waals surface area (Å²) >= 11 is 6.16. The number of nitrogens with one attached hydrogen (secondary N) is 1. The number of carbonyl (C=O) groups excluding carboxylic acids is 1. The highest BCUT2D eigenvalue weighted by Gasteiger charge is 2.43. The SMILES string of the molecule is CS(=O)(=O)N1CCCC(NC(=O)C2(c3cccc(Cl)c3)CCOCC2)C1. The van der Waals surface area contributed by atoms with Crippen LogP contribution in [0.2, 0.25) is 5.02 Å². The van der Waals surface area contributed by atoms with Crippen molar-refractivity contribution in [3.63, 3.8) is 0 Å². The van der Waals surface area contributed by atoms with Gasteiger partial charge in [0.1, 0.15) is 0 Å². The van der Waals surface area contributed by atoms with E-state index in [0.29, 0.717) is 44.2 Å². The summed E-state index contributed by atoms with van der Waals surface area (Å²) in [7, 11) is -3.25. The predicted octanol–water partition coefficient (Wildman–Crippen LogP) is 1.93. The number of benzene rings is 1. The summed E-state index contributed by atoms with van der Waals surface area (Å²) in [5.74, 6) is -0.0663. The first-order chi connectivity index (χ1) is 12.3. The lowest BCUT2D eigenvalue weighted by Gasteiger charge is -2.39. The quantitative estimate of drug-likeness (QED) is 0.837. The number of amides is 1. The number of rotatable bonds is 4. The van der Waals surface area contributed by atoms with Gasteiger partial charge < -0.3 is 10.1 Å². The molecule has 26 heavy (non-hydrogen) atoms. The number of halogens is 1. The Balaban J connectivity index is 1.80. The summed E-state index contributed by atoms with van der Waals surface area (Å²) in [4.78, 5) is 13.3. The highest BCUT2D eigenvalue weighted by molar-refractivity contribution is 7.88. The maximum absolute atomic E-state index is 13.3. The average molecular weight is 401 g/mol. The number of sulfonamides is 1. The summed E-state index contributed by atoms with van der Waals surface area (Å²) in [6.07, 6.45) is 3.90. The van der Waals surface area contributed by atoms with Crippen LogP contribution in [0.3, 0.4) is 0 Å². The molecule has 2 aliphatic heterocycles. The average Bonchev–Trinajstić information content (AvgIpc) is 2.62. The standard InChI is InChI=1S/C18H25ClN2O4S/c1-26(23,24)21-9-3-6-16(13-21)20-17(22)18(7-10-25-11-8-18)14-4-2-5-15(19)12-14/h2,4-5,12,16H,3,6-11,13H2,1H3,(H,20,22). The molecule has 0 aliphatic carbocycles. The maximum Gasteiger partial charge on any atom is 0.231 e. The van der Waals surface area contributed by atoms with E-state index in [-0.39, 0.29) is 11.9 Å². The minimum atomic E-state index is -3.25. The Labute approximate surface area is 159 Å². The van der Waals surface area contributed by atoms with Gasteiger partial charge in [0.05, 0.1) is 11.7 Å². The largest absolute Gasteiger partial charge is 0.381 e. The van der Waals surface area contributed by atoms with Crippen molar-refractivity contribution in [2.45, 2.75) is 37.1 Å². The molecule has 1 unspecified atom stereocenters. The summed E-state index contributed by atoms with van der Waals surface area (Å²) < 4.78 is 30.6. The van der Waals surface area contributed by atoms with E-state index in [9.17, 15) is 13.2 Å². The number of piperidine rings is 1. The van der Waals surface area contributed by atoms with Crippen LogP contribution in [0.25, 0.3) is 0 Å². The molecule has 8 heteroatoms. The fourth-order valence-corrected chi connectivity index (χ4v) is 4.94. The molecule has 0 spiro atoms. The number of carbonyl (C=O) groups is 1. The topological polar surface area (TPSA) is 75.7 Å². The van der Waals surface area contributed by atoms with E-state index in [0.717, 1.165) is 18.4 Å². The van der Waals surface area contributed by atoms with Crippen molar-refractivity contribution in [2.24, 2.45) is 0 Å². The Hall–Kier alpha value is -1.15. The van der Waals surface area contributed by atoms with Crippen molar-refractivity contribution in [2.75, 3.05) is 32.6 Å². The van der Waals surface area contributed by atoms with E-state index in [1.165, 1.54) is 10.6 Å². The molecule has 0 radical (unpaired) electrons. The maximum atomic E-state index is 13.3. The van der Waals surface area contributed by atoms with Crippen molar-refractivity contribution in [1.82, 2.24) is 9.62 Å². The van der Waals surface area contributed by atoms with E-state index in [4.69, 9.17) is 16.3 Å². The van der Waals surface area contributed by atoms with E-state index in [1.807, 2.05) is 18.2 Å². The fourth-order valence-electron chi connectivity index (χ4n) is 3.84. The van der Waals surface area contributed by atoms with Gasteiger partial charge in [0.2, 0.25) is 15.9 Å². The Bertz CT molecular complexity index is 762. The zero-order chi connectivity index (χ0) is 18.8. The molecule has 2 aliphatic rings. The van der Waals surface area contributed by atoms with Crippen LogP contribution < -0.4 is 5.32 Å². The Morgan fingerprint density at radius 1 is 1.35 bits per heavy atom.